The molecule has 0 bridgehead atoms. The molecule has 12 heavy (non-hydrogen) atoms. The lowest BCUT2D eigenvalue weighted by Crippen LogP contribution is -2.07. The highest BCUT2D eigenvalue weighted by Crippen LogP contribution is 2.32. The molecule has 2 heteroatoms. The number of ketones is 1. The first-order chi connectivity index (χ1) is 5.83. The quantitative estimate of drug-likeness (QED) is 0.684. The van der Waals surface area contributed by atoms with E-state index >= 15 is 0 Å². The summed E-state index contributed by atoms with van der Waals surface area (Å²) in [7, 11) is 0. The highest BCUT2D eigenvalue weighted by molar-refractivity contribution is 7.12. The summed E-state index contributed by atoms with van der Waals surface area (Å²) >= 11 is 1.60. The number of carbonyl (C=O) groups excluding carboxylic acids is 1. The zero-order valence-corrected chi connectivity index (χ0v) is 7.99. The molecule has 0 spiro atoms. The number of hydrogen-bond donors (Lipinski definition) is 0. The average molecular weight is 180 g/mol. The summed E-state index contributed by atoms with van der Waals surface area (Å²) in [5.74, 6) is 0.694. The lowest BCUT2D eigenvalue weighted by molar-refractivity contribution is 0.0933. The van der Waals surface area contributed by atoms with Gasteiger partial charge in [0.15, 0.2) is 5.78 Å². The Morgan fingerprint density at radius 1 is 1.67 bits per heavy atom. The summed E-state index contributed by atoms with van der Waals surface area (Å²) in [6.07, 6.45) is 3.16. The molecule has 1 aromatic heterocycles. The summed E-state index contributed by atoms with van der Waals surface area (Å²) in [6.45, 7) is 2.14. The highest BCUT2D eigenvalue weighted by atomic mass is 32.1. The Morgan fingerprint density at radius 3 is 3.17 bits per heavy atom. The second-order valence-electron chi connectivity index (χ2n) is 3.33. The Bertz CT molecular complexity index is 301. The molecule has 0 unspecified atom stereocenters. The van der Waals surface area contributed by atoms with Gasteiger partial charge in [0, 0.05) is 5.92 Å². The second-order valence-corrected chi connectivity index (χ2v) is 4.25. The SMILES string of the molecule is CCC[C@@H]1Cc2ccsc2C1=O. The van der Waals surface area contributed by atoms with Gasteiger partial charge in [0.25, 0.3) is 0 Å². The Labute approximate surface area is 76.4 Å². The monoisotopic (exact) mass is 180 g/mol. The van der Waals surface area contributed by atoms with Crippen molar-refractivity contribution in [3.8, 4) is 0 Å². The summed E-state index contributed by atoms with van der Waals surface area (Å²) in [5, 5.41) is 2.02. The fraction of sp³-hybridized carbons (Fsp3) is 0.500. The summed E-state index contributed by atoms with van der Waals surface area (Å²) in [5.41, 5.74) is 1.28. The summed E-state index contributed by atoms with van der Waals surface area (Å²) < 4.78 is 0. The van der Waals surface area contributed by atoms with E-state index in [0.29, 0.717) is 11.7 Å². The zero-order valence-electron chi connectivity index (χ0n) is 7.17. The van der Waals surface area contributed by atoms with Gasteiger partial charge in [-0.3, -0.25) is 4.79 Å². The molecule has 0 N–H and O–H groups in total. The molecule has 0 amide bonds. The lowest BCUT2D eigenvalue weighted by Gasteiger charge is -2.03. The molecular weight excluding hydrogens is 168 g/mol. The van der Waals surface area contributed by atoms with Crippen LogP contribution in [0.4, 0.5) is 0 Å². The minimum Gasteiger partial charge on any atom is -0.293 e. The summed E-state index contributed by atoms with van der Waals surface area (Å²) in [4.78, 5) is 12.7. The van der Waals surface area contributed by atoms with Gasteiger partial charge < -0.3 is 0 Å². The maximum Gasteiger partial charge on any atom is 0.176 e. The van der Waals surface area contributed by atoms with Crippen molar-refractivity contribution in [3.63, 3.8) is 0 Å². The first-order valence-electron chi connectivity index (χ1n) is 4.43. The third-order valence-electron chi connectivity index (χ3n) is 2.44. The van der Waals surface area contributed by atoms with Gasteiger partial charge >= 0.3 is 0 Å². The molecule has 1 nitrogen and oxygen atoms in total. The Kier molecular flexibility index (Phi) is 2.01. The van der Waals surface area contributed by atoms with Crippen LogP contribution in [0.2, 0.25) is 0 Å². The van der Waals surface area contributed by atoms with Crippen molar-refractivity contribution in [3.05, 3.63) is 21.9 Å². The fourth-order valence-corrected chi connectivity index (χ4v) is 2.79. The van der Waals surface area contributed by atoms with Gasteiger partial charge in [0.1, 0.15) is 0 Å². The van der Waals surface area contributed by atoms with Crippen molar-refractivity contribution in [2.45, 2.75) is 26.2 Å². The van der Waals surface area contributed by atoms with E-state index in [9.17, 15) is 4.79 Å². The van der Waals surface area contributed by atoms with E-state index in [0.717, 1.165) is 24.1 Å². The number of carbonyl (C=O) groups is 1. The maximum atomic E-state index is 11.7. The standard InChI is InChI=1S/C10H12OS/c1-2-3-7-6-8-4-5-12-10(8)9(7)11/h4-5,7H,2-3,6H2,1H3/t7-/m1/s1. The van der Waals surface area contributed by atoms with Crippen molar-refractivity contribution in [2.24, 2.45) is 5.92 Å². The Morgan fingerprint density at radius 2 is 2.50 bits per heavy atom. The minimum atomic E-state index is 0.303. The third kappa shape index (κ3) is 1.11. The topological polar surface area (TPSA) is 17.1 Å². The molecule has 1 aromatic rings. The average Bonchev–Trinajstić information content (AvgIpc) is 2.58. The molecule has 1 aliphatic carbocycles. The molecule has 1 aliphatic rings. The van der Waals surface area contributed by atoms with Crippen LogP contribution in [0.3, 0.4) is 0 Å². The Hall–Kier alpha value is -0.630. The molecular formula is C10H12OS. The van der Waals surface area contributed by atoms with Crippen LogP contribution in [-0.2, 0) is 6.42 Å². The van der Waals surface area contributed by atoms with Gasteiger partial charge in [0.2, 0.25) is 0 Å². The predicted molar refractivity (Wildman–Crippen MR) is 50.8 cm³/mol. The number of fused-ring (bicyclic) bond motifs is 1. The molecule has 0 fully saturated rings. The van der Waals surface area contributed by atoms with E-state index in [1.54, 1.807) is 11.3 Å². The highest BCUT2D eigenvalue weighted by Gasteiger charge is 2.30. The van der Waals surface area contributed by atoms with E-state index in [1.807, 2.05) is 5.38 Å². The van der Waals surface area contributed by atoms with Crippen LogP contribution in [0.5, 0.6) is 0 Å². The summed E-state index contributed by atoms with van der Waals surface area (Å²) in [6, 6.07) is 2.09. The molecule has 2 rings (SSSR count). The predicted octanol–water partition coefficient (Wildman–Crippen LogP) is 2.90. The van der Waals surface area contributed by atoms with Crippen molar-refractivity contribution in [2.75, 3.05) is 0 Å². The number of hydrogen-bond acceptors (Lipinski definition) is 2. The van der Waals surface area contributed by atoms with Gasteiger partial charge in [-0.2, -0.15) is 0 Å². The molecule has 1 heterocycles. The Balaban J connectivity index is 2.21. The molecule has 0 aliphatic heterocycles. The van der Waals surface area contributed by atoms with Gasteiger partial charge in [-0.25, -0.2) is 0 Å². The minimum absolute atomic E-state index is 0.303. The first kappa shape index (κ1) is 7.99. The smallest absolute Gasteiger partial charge is 0.176 e. The largest absolute Gasteiger partial charge is 0.293 e. The fourth-order valence-electron chi connectivity index (χ4n) is 1.84. The maximum absolute atomic E-state index is 11.7. The molecule has 0 radical (unpaired) electrons. The second kappa shape index (κ2) is 3.02. The van der Waals surface area contributed by atoms with Gasteiger partial charge in [0.05, 0.1) is 4.88 Å². The third-order valence-corrected chi connectivity index (χ3v) is 3.42. The van der Waals surface area contributed by atoms with Crippen LogP contribution in [0.1, 0.15) is 35.0 Å². The van der Waals surface area contributed by atoms with E-state index < -0.39 is 0 Å². The van der Waals surface area contributed by atoms with E-state index in [-0.39, 0.29) is 0 Å². The van der Waals surface area contributed by atoms with E-state index in [2.05, 4.69) is 13.0 Å². The van der Waals surface area contributed by atoms with Crippen LogP contribution in [0.15, 0.2) is 11.4 Å². The van der Waals surface area contributed by atoms with Crippen molar-refractivity contribution < 1.29 is 4.79 Å². The number of thiophene rings is 1. The lowest BCUT2D eigenvalue weighted by atomic mass is 10.0. The normalized spacial score (nSPS) is 21.4. The molecule has 1 atom stereocenters. The van der Waals surface area contributed by atoms with Gasteiger partial charge in [-0.15, -0.1) is 11.3 Å². The van der Waals surface area contributed by atoms with Crippen LogP contribution in [0, 0.1) is 5.92 Å². The molecule has 0 saturated carbocycles. The van der Waals surface area contributed by atoms with Crippen molar-refractivity contribution >= 4 is 17.1 Å². The number of Topliss-reactive ketones (excluding diaryl/α,β-unsaturated/α-hetero) is 1. The molecule has 64 valence electrons. The zero-order chi connectivity index (χ0) is 8.55. The molecule has 0 saturated heterocycles. The van der Waals surface area contributed by atoms with Gasteiger partial charge in [-0.1, -0.05) is 13.3 Å². The van der Waals surface area contributed by atoms with Crippen molar-refractivity contribution in [1.82, 2.24) is 0 Å². The first-order valence-corrected chi connectivity index (χ1v) is 5.31. The molecule has 0 aromatic carbocycles. The van der Waals surface area contributed by atoms with Crippen molar-refractivity contribution in [1.29, 1.82) is 0 Å². The van der Waals surface area contributed by atoms with Crippen LogP contribution < -0.4 is 0 Å². The van der Waals surface area contributed by atoms with Crippen LogP contribution in [0.25, 0.3) is 0 Å². The van der Waals surface area contributed by atoms with Crippen LogP contribution >= 0.6 is 11.3 Å². The number of rotatable bonds is 2. The van der Waals surface area contributed by atoms with E-state index in [1.165, 1.54) is 5.56 Å². The van der Waals surface area contributed by atoms with Gasteiger partial charge in [-0.05, 0) is 29.9 Å². The van der Waals surface area contributed by atoms with Crippen LogP contribution in [-0.4, -0.2) is 5.78 Å². The van der Waals surface area contributed by atoms with E-state index in [4.69, 9.17) is 0 Å².